The molecular formula is C11H7F3N3O8P-2. The van der Waals surface area contributed by atoms with Crippen LogP contribution in [0.5, 0.6) is 5.75 Å². The molecule has 0 spiro atoms. The molecule has 0 atom stereocenters. The number of fused-ring (bicyclic) bond motifs is 1. The molecule has 1 aromatic carbocycles. The predicted octanol–water partition coefficient (Wildman–Crippen LogP) is -0.590. The molecule has 2 rings (SSSR count). The zero-order valence-electron chi connectivity index (χ0n) is 12.3. The first-order valence-electron chi connectivity index (χ1n) is 6.44. The molecule has 1 N–H and O–H groups in total. The standard InChI is InChI=1S/C11H9F3N3O8P/c12-3-11(13,14)25-8-2-6-5(1-7(8)17(20)21)15-9(18)10(19)16(6)4-26(22,23)24/h1-2H,3-4H2,(H,15,18)(H2,22,23,24)/p-2. The Hall–Kier alpha value is -2.70. The Labute approximate surface area is 139 Å². The van der Waals surface area contributed by atoms with Crippen LogP contribution in [0.15, 0.2) is 21.7 Å². The molecule has 2 aromatic rings. The summed E-state index contributed by atoms with van der Waals surface area (Å²) < 4.78 is 53.5. The van der Waals surface area contributed by atoms with Crippen molar-refractivity contribution < 1.29 is 37.2 Å². The zero-order chi connectivity index (χ0) is 19.9. The first-order chi connectivity index (χ1) is 11.8. The maximum atomic E-state index is 13.1. The fraction of sp³-hybridized carbons (Fsp3) is 0.273. The maximum Gasteiger partial charge on any atom is 0.427 e. The van der Waals surface area contributed by atoms with Crippen LogP contribution in [0.4, 0.5) is 18.9 Å². The van der Waals surface area contributed by atoms with Crippen LogP contribution < -0.4 is 25.6 Å². The monoisotopic (exact) mass is 397 g/mol. The van der Waals surface area contributed by atoms with E-state index in [1.165, 1.54) is 0 Å². The van der Waals surface area contributed by atoms with Gasteiger partial charge in [0.2, 0.25) is 5.75 Å². The molecule has 142 valence electrons. The summed E-state index contributed by atoms with van der Waals surface area (Å²) in [5.41, 5.74) is -5.20. The highest BCUT2D eigenvalue weighted by Crippen LogP contribution is 2.35. The van der Waals surface area contributed by atoms with Gasteiger partial charge in [0.05, 0.1) is 22.2 Å². The number of ether oxygens (including phenoxy) is 1. The SMILES string of the molecule is O=c1[nH]c2cc([N+](=O)[O-])c(OC(F)(F)CF)cc2n(CP(=O)([O-])[O-])c1=O. The average molecular weight is 397 g/mol. The molecule has 0 amide bonds. The van der Waals surface area contributed by atoms with Crippen LogP contribution in [0, 0.1) is 10.1 Å². The van der Waals surface area contributed by atoms with Crippen molar-refractivity contribution in [2.75, 3.05) is 6.67 Å². The van der Waals surface area contributed by atoms with E-state index in [1.54, 1.807) is 0 Å². The predicted molar refractivity (Wildman–Crippen MR) is 74.6 cm³/mol. The van der Waals surface area contributed by atoms with Gasteiger partial charge < -0.3 is 24.1 Å². The molecule has 0 aliphatic carbocycles. The van der Waals surface area contributed by atoms with Gasteiger partial charge in [-0.25, -0.2) is 4.39 Å². The number of alkyl halides is 3. The molecule has 11 nitrogen and oxygen atoms in total. The van der Waals surface area contributed by atoms with Gasteiger partial charge in [-0.05, 0) is 7.60 Å². The van der Waals surface area contributed by atoms with Crippen LogP contribution in [0.3, 0.4) is 0 Å². The van der Waals surface area contributed by atoms with Crippen LogP contribution in [0.2, 0.25) is 0 Å². The highest BCUT2D eigenvalue weighted by Gasteiger charge is 2.35. The molecule has 0 bridgehead atoms. The maximum absolute atomic E-state index is 13.1. The molecular weight excluding hydrogens is 390 g/mol. The Morgan fingerprint density at radius 1 is 1.31 bits per heavy atom. The average Bonchev–Trinajstić information content (AvgIpc) is 2.50. The molecule has 1 aromatic heterocycles. The molecule has 1 heterocycles. The smallest absolute Gasteiger partial charge is 0.427 e. The highest BCUT2D eigenvalue weighted by molar-refractivity contribution is 7.47. The van der Waals surface area contributed by atoms with Gasteiger partial charge in [-0.3, -0.25) is 24.3 Å². The van der Waals surface area contributed by atoms with Gasteiger partial charge in [0.1, 0.15) is 0 Å². The van der Waals surface area contributed by atoms with E-state index < -0.39 is 65.2 Å². The second kappa shape index (κ2) is 6.55. The summed E-state index contributed by atoms with van der Waals surface area (Å²) in [5, 5.41) is 11.0. The number of hydrogen-bond donors (Lipinski definition) is 1. The Balaban J connectivity index is 2.86. The van der Waals surface area contributed by atoms with Gasteiger partial charge in [0.15, 0.2) is 6.67 Å². The van der Waals surface area contributed by atoms with E-state index in [2.05, 4.69) is 4.74 Å². The Morgan fingerprint density at radius 3 is 2.42 bits per heavy atom. The number of nitrogens with one attached hydrogen (secondary N) is 1. The quantitative estimate of drug-likeness (QED) is 0.292. The largest absolute Gasteiger partial charge is 0.809 e. The van der Waals surface area contributed by atoms with Gasteiger partial charge in [0.25, 0.3) is 0 Å². The second-order valence-corrected chi connectivity index (χ2v) is 6.41. The molecule has 0 fully saturated rings. The lowest BCUT2D eigenvalue weighted by atomic mass is 10.2. The van der Waals surface area contributed by atoms with Gasteiger partial charge in [-0.15, -0.1) is 0 Å². The fourth-order valence-electron chi connectivity index (χ4n) is 2.02. The number of nitro groups is 1. The van der Waals surface area contributed by atoms with E-state index in [0.717, 1.165) is 0 Å². The zero-order valence-corrected chi connectivity index (χ0v) is 13.2. The Morgan fingerprint density at radius 2 is 1.92 bits per heavy atom. The highest BCUT2D eigenvalue weighted by atomic mass is 31.2. The van der Waals surface area contributed by atoms with Gasteiger partial charge in [-0.1, -0.05) is 0 Å². The summed E-state index contributed by atoms with van der Waals surface area (Å²) >= 11 is 0. The number of aromatic amines is 1. The fourth-order valence-corrected chi connectivity index (χ4v) is 2.64. The van der Waals surface area contributed by atoms with Gasteiger partial charge in [0, 0.05) is 12.1 Å². The number of H-pyrrole nitrogens is 1. The lowest BCUT2D eigenvalue weighted by molar-refractivity contribution is -0.387. The summed E-state index contributed by atoms with van der Waals surface area (Å²) in [6.07, 6.45) is -5.99. The summed E-state index contributed by atoms with van der Waals surface area (Å²) in [6.45, 7) is -2.34. The van der Waals surface area contributed by atoms with Crippen LogP contribution >= 0.6 is 7.60 Å². The number of aromatic nitrogens is 2. The van der Waals surface area contributed by atoms with Crippen molar-refractivity contribution in [2.24, 2.45) is 0 Å². The van der Waals surface area contributed by atoms with E-state index in [-0.39, 0.29) is 4.57 Å². The van der Waals surface area contributed by atoms with Gasteiger partial charge >= 0.3 is 22.9 Å². The van der Waals surface area contributed by atoms with Crippen LogP contribution in [0.1, 0.15) is 0 Å². The third-order valence-corrected chi connectivity index (χ3v) is 3.61. The van der Waals surface area contributed by atoms with E-state index in [1.807, 2.05) is 4.98 Å². The Kier molecular flexibility index (Phi) is 4.94. The number of rotatable bonds is 6. The van der Waals surface area contributed by atoms with Crippen LogP contribution in [-0.2, 0) is 10.9 Å². The molecule has 0 aliphatic rings. The number of nitrogens with zero attached hydrogens (tertiary/aromatic N) is 2. The minimum atomic E-state index is -5.40. The van der Waals surface area contributed by atoms with Crippen molar-refractivity contribution in [3.8, 4) is 5.75 Å². The van der Waals surface area contributed by atoms with Gasteiger partial charge in [-0.2, -0.15) is 8.78 Å². The summed E-state index contributed by atoms with van der Waals surface area (Å²) in [7, 11) is -5.40. The minimum Gasteiger partial charge on any atom is -0.809 e. The van der Waals surface area contributed by atoms with Crippen LogP contribution in [-0.4, -0.2) is 27.3 Å². The third kappa shape index (κ3) is 4.09. The summed E-state index contributed by atoms with van der Waals surface area (Å²) in [4.78, 5) is 56.8. The number of halogens is 3. The molecule has 0 saturated heterocycles. The minimum absolute atomic E-state index is 0.124. The van der Waals surface area contributed by atoms with Crippen molar-refractivity contribution in [3.63, 3.8) is 0 Å². The summed E-state index contributed by atoms with van der Waals surface area (Å²) in [6, 6.07) is 0.918. The number of nitro benzene ring substituents is 1. The second-order valence-electron chi connectivity index (χ2n) is 4.91. The van der Waals surface area contributed by atoms with E-state index >= 15 is 0 Å². The molecule has 0 radical (unpaired) electrons. The number of hydrogen-bond acceptors (Lipinski definition) is 8. The topological polar surface area (TPSA) is 170 Å². The van der Waals surface area contributed by atoms with Crippen molar-refractivity contribution in [3.05, 3.63) is 43.0 Å². The molecule has 0 saturated carbocycles. The Bertz CT molecular complexity index is 1040. The lowest BCUT2D eigenvalue weighted by Gasteiger charge is -2.30. The van der Waals surface area contributed by atoms with E-state index in [4.69, 9.17) is 0 Å². The molecule has 15 heteroatoms. The molecule has 0 unspecified atom stereocenters. The lowest BCUT2D eigenvalue weighted by Crippen LogP contribution is -2.38. The van der Waals surface area contributed by atoms with Crippen molar-refractivity contribution in [1.82, 2.24) is 9.55 Å². The number of benzene rings is 1. The first kappa shape index (κ1) is 19.6. The summed E-state index contributed by atoms with van der Waals surface area (Å²) in [5.74, 6) is -1.21. The molecule has 26 heavy (non-hydrogen) atoms. The third-order valence-electron chi connectivity index (χ3n) is 2.98. The van der Waals surface area contributed by atoms with E-state index in [0.29, 0.717) is 12.1 Å². The molecule has 0 aliphatic heterocycles. The normalized spacial score (nSPS) is 12.3. The van der Waals surface area contributed by atoms with Crippen molar-refractivity contribution >= 4 is 24.3 Å². The van der Waals surface area contributed by atoms with Crippen LogP contribution in [0.25, 0.3) is 11.0 Å². The first-order valence-corrected chi connectivity index (χ1v) is 8.16. The van der Waals surface area contributed by atoms with E-state index in [9.17, 15) is 47.2 Å². The van der Waals surface area contributed by atoms with Crippen molar-refractivity contribution in [2.45, 2.75) is 12.4 Å². The van der Waals surface area contributed by atoms with Crippen molar-refractivity contribution in [1.29, 1.82) is 0 Å².